The van der Waals surface area contributed by atoms with Gasteiger partial charge in [-0.25, -0.2) is 4.39 Å². The number of nitrogens with zero attached hydrogens (tertiary/aromatic N) is 1. The van der Waals surface area contributed by atoms with Gasteiger partial charge in [0, 0.05) is 30.0 Å². The molecule has 2 N–H and O–H groups in total. The van der Waals surface area contributed by atoms with Gasteiger partial charge in [0.15, 0.2) is 0 Å². The minimum absolute atomic E-state index is 0.00235. The molecule has 1 aliphatic heterocycles. The van der Waals surface area contributed by atoms with Gasteiger partial charge in [-0.2, -0.15) is 0 Å². The molecule has 2 amide bonds. The average Bonchev–Trinajstić information content (AvgIpc) is 3.03. The first-order valence-corrected chi connectivity index (χ1v) is 8.30. The van der Waals surface area contributed by atoms with Crippen molar-refractivity contribution < 1.29 is 14.0 Å². The molecule has 5 nitrogen and oxygen atoms in total. The van der Waals surface area contributed by atoms with E-state index in [2.05, 4.69) is 10.6 Å². The van der Waals surface area contributed by atoms with Gasteiger partial charge >= 0.3 is 0 Å². The van der Waals surface area contributed by atoms with E-state index < -0.39 is 5.82 Å². The van der Waals surface area contributed by atoms with Gasteiger partial charge in [-0.3, -0.25) is 9.59 Å². The number of anilines is 3. The smallest absolute Gasteiger partial charge is 0.243 e. The van der Waals surface area contributed by atoms with Gasteiger partial charge in [-0.05, 0) is 48.9 Å². The van der Waals surface area contributed by atoms with Crippen molar-refractivity contribution >= 4 is 40.5 Å². The van der Waals surface area contributed by atoms with Crippen molar-refractivity contribution in [2.24, 2.45) is 0 Å². The van der Waals surface area contributed by atoms with E-state index in [4.69, 9.17) is 11.6 Å². The molecule has 0 aromatic heterocycles. The fourth-order valence-electron chi connectivity index (χ4n) is 2.64. The Morgan fingerprint density at radius 1 is 1.16 bits per heavy atom. The summed E-state index contributed by atoms with van der Waals surface area (Å²) in [6, 6.07) is 11.3. The quantitative estimate of drug-likeness (QED) is 0.854. The third kappa shape index (κ3) is 4.28. The van der Waals surface area contributed by atoms with Gasteiger partial charge in [0.1, 0.15) is 5.82 Å². The molecule has 0 aliphatic carbocycles. The Kier molecular flexibility index (Phi) is 5.19. The third-order valence-corrected chi connectivity index (χ3v) is 4.20. The van der Waals surface area contributed by atoms with Crippen molar-refractivity contribution in [2.75, 3.05) is 28.6 Å². The molecule has 0 spiro atoms. The predicted molar refractivity (Wildman–Crippen MR) is 96.6 cm³/mol. The van der Waals surface area contributed by atoms with Gasteiger partial charge in [-0.1, -0.05) is 11.6 Å². The van der Waals surface area contributed by atoms with E-state index in [-0.39, 0.29) is 23.4 Å². The standard InChI is InChI=1S/C18H17ClFN3O2/c19-15-10-13(5-8-16(15)20)21-11-17(24)22-12-3-6-14(7-4-12)23-9-1-2-18(23)25/h3-8,10,21H,1-2,9,11H2,(H,22,24). The summed E-state index contributed by atoms with van der Waals surface area (Å²) in [4.78, 5) is 25.4. The number of hydrogen-bond donors (Lipinski definition) is 2. The highest BCUT2D eigenvalue weighted by atomic mass is 35.5. The fraction of sp³-hybridized carbons (Fsp3) is 0.222. The van der Waals surface area contributed by atoms with Crippen LogP contribution in [0.2, 0.25) is 5.02 Å². The van der Waals surface area contributed by atoms with Crippen LogP contribution in [0.4, 0.5) is 21.5 Å². The van der Waals surface area contributed by atoms with Crippen molar-refractivity contribution in [3.8, 4) is 0 Å². The lowest BCUT2D eigenvalue weighted by Crippen LogP contribution is -2.24. The number of amides is 2. The van der Waals surface area contributed by atoms with E-state index in [9.17, 15) is 14.0 Å². The lowest BCUT2D eigenvalue weighted by molar-refractivity contribution is -0.117. The largest absolute Gasteiger partial charge is 0.376 e. The summed E-state index contributed by atoms with van der Waals surface area (Å²) >= 11 is 5.69. The number of carbonyl (C=O) groups excluding carboxylic acids is 2. The number of nitrogens with one attached hydrogen (secondary N) is 2. The zero-order valence-corrected chi connectivity index (χ0v) is 14.1. The number of rotatable bonds is 5. The van der Waals surface area contributed by atoms with E-state index in [1.54, 1.807) is 17.0 Å². The molecule has 1 fully saturated rings. The van der Waals surface area contributed by atoms with Crippen LogP contribution in [0.1, 0.15) is 12.8 Å². The van der Waals surface area contributed by atoms with Crippen LogP contribution in [0.3, 0.4) is 0 Å². The number of halogens is 2. The Bertz CT molecular complexity index is 795. The molecule has 25 heavy (non-hydrogen) atoms. The summed E-state index contributed by atoms with van der Waals surface area (Å²) in [6.45, 7) is 0.753. The van der Waals surface area contributed by atoms with Gasteiger partial charge in [0.05, 0.1) is 11.6 Å². The summed E-state index contributed by atoms with van der Waals surface area (Å²) in [5, 5.41) is 5.63. The summed E-state index contributed by atoms with van der Waals surface area (Å²) in [5.74, 6) is -0.627. The molecule has 0 unspecified atom stereocenters. The minimum Gasteiger partial charge on any atom is -0.376 e. The monoisotopic (exact) mass is 361 g/mol. The van der Waals surface area contributed by atoms with E-state index in [0.29, 0.717) is 17.8 Å². The van der Waals surface area contributed by atoms with Crippen LogP contribution in [0.25, 0.3) is 0 Å². The van der Waals surface area contributed by atoms with Crippen LogP contribution in [0.5, 0.6) is 0 Å². The molecule has 0 atom stereocenters. The number of hydrogen-bond acceptors (Lipinski definition) is 3. The molecular formula is C18H17ClFN3O2. The van der Waals surface area contributed by atoms with E-state index in [1.165, 1.54) is 18.2 Å². The molecule has 2 aromatic rings. The summed E-state index contributed by atoms with van der Waals surface area (Å²) in [7, 11) is 0. The highest BCUT2D eigenvalue weighted by molar-refractivity contribution is 6.31. The zero-order valence-electron chi connectivity index (χ0n) is 13.4. The Morgan fingerprint density at radius 3 is 2.52 bits per heavy atom. The maximum Gasteiger partial charge on any atom is 0.243 e. The Labute approximate surface area is 149 Å². The van der Waals surface area contributed by atoms with E-state index >= 15 is 0 Å². The molecule has 1 aliphatic rings. The average molecular weight is 362 g/mol. The topological polar surface area (TPSA) is 61.4 Å². The van der Waals surface area contributed by atoms with Crippen LogP contribution in [0.15, 0.2) is 42.5 Å². The highest BCUT2D eigenvalue weighted by Crippen LogP contribution is 2.23. The molecule has 1 saturated heterocycles. The van der Waals surface area contributed by atoms with E-state index in [1.807, 2.05) is 12.1 Å². The van der Waals surface area contributed by atoms with Crippen molar-refractivity contribution in [3.63, 3.8) is 0 Å². The molecule has 3 rings (SSSR count). The van der Waals surface area contributed by atoms with Gasteiger partial charge in [0.2, 0.25) is 11.8 Å². The van der Waals surface area contributed by atoms with Crippen LogP contribution in [-0.2, 0) is 9.59 Å². The summed E-state index contributed by atoms with van der Waals surface area (Å²) < 4.78 is 13.1. The molecule has 130 valence electrons. The Hall–Kier alpha value is -2.60. The molecule has 0 radical (unpaired) electrons. The highest BCUT2D eigenvalue weighted by Gasteiger charge is 2.21. The third-order valence-electron chi connectivity index (χ3n) is 3.91. The maximum absolute atomic E-state index is 13.1. The molecular weight excluding hydrogens is 345 g/mol. The number of benzene rings is 2. The van der Waals surface area contributed by atoms with Crippen LogP contribution < -0.4 is 15.5 Å². The summed E-state index contributed by atoms with van der Waals surface area (Å²) in [5.41, 5.74) is 2.03. The first-order chi connectivity index (χ1) is 12.0. The van der Waals surface area contributed by atoms with Gasteiger partial charge in [0.25, 0.3) is 0 Å². The van der Waals surface area contributed by atoms with Crippen molar-refractivity contribution in [2.45, 2.75) is 12.8 Å². The molecule has 0 saturated carbocycles. The second-order valence-corrected chi connectivity index (χ2v) is 6.13. The zero-order chi connectivity index (χ0) is 17.8. The van der Waals surface area contributed by atoms with Crippen molar-refractivity contribution in [3.05, 3.63) is 53.3 Å². The van der Waals surface area contributed by atoms with Crippen LogP contribution in [-0.4, -0.2) is 24.9 Å². The Morgan fingerprint density at radius 2 is 1.88 bits per heavy atom. The normalized spacial score (nSPS) is 13.8. The van der Waals surface area contributed by atoms with E-state index in [0.717, 1.165) is 18.7 Å². The SMILES string of the molecule is O=C(CNc1ccc(F)c(Cl)c1)Nc1ccc(N2CCCC2=O)cc1. The van der Waals surface area contributed by atoms with Crippen LogP contribution in [0, 0.1) is 5.82 Å². The first-order valence-electron chi connectivity index (χ1n) is 7.92. The van der Waals surface area contributed by atoms with Gasteiger partial charge < -0.3 is 15.5 Å². The second kappa shape index (κ2) is 7.53. The van der Waals surface area contributed by atoms with Crippen LogP contribution >= 0.6 is 11.6 Å². The molecule has 1 heterocycles. The predicted octanol–water partition coefficient (Wildman–Crippen LogP) is 3.66. The summed E-state index contributed by atoms with van der Waals surface area (Å²) in [6.07, 6.45) is 1.45. The number of carbonyl (C=O) groups is 2. The fourth-order valence-corrected chi connectivity index (χ4v) is 2.82. The first kappa shape index (κ1) is 17.2. The lowest BCUT2D eigenvalue weighted by Gasteiger charge is -2.16. The molecule has 0 bridgehead atoms. The van der Waals surface area contributed by atoms with Crippen molar-refractivity contribution in [1.29, 1.82) is 0 Å². The Balaban J connectivity index is 1.54. The second-order valence-electron chi connectivity index (χ2n) is 5.73. The molecule has 2 aromatic carbocycles. The molecule has 7 heteroatoms. The van der Waals surface area contributed by atoms with Crippen molar-refractivity contribution in [1.82, 2.24) is 0 Å². The lowest BCUT2D eigenvalue weighted by atomic mass is 10.2. The minimum atomic E-state index is -0.506. The maximum atomic E-state index is 13.1. The van der Waals surface area contributed by atoms with Gasteiger partial charge in [-0.15, -0.1) is 0 Å².